The zero-order valence-electron chi connectivity index (χ0n) is 11.7. The van der Waals surface area contributed by atoms with Crippen LogP contribution in [0.3, 0.4) is 0 Å². The third-order valence-electron chi connectivity index (χ3n) is 3.25. The first kappa shape index (κ1) is 20.7. The molecule has 20 heavy (non-hydrogen) atoms. The number of hydrogen-bond donors (Lipinski definition) is 0. The summed E-state index contributed by atoms with van der Waals surface area (Å²) in [6.07, 6.45) is 5.49. The molecule has 0 spiro atoms. The molecule has 0 bridgehead atoms. The second-order valence-corrected chi connectivity index (χ2v) is 8.61. The molecule has 0 aromatic carbocycles. The lowest BCUT2D eigenvalue weighted by Crippen LogP contribution is -2.25. The summed E-state index contributed by atoms with van der Waals surface area (Å²) < 4.78 is 49.4. The van der Waals surface area contributed by atoms with Gasteiger partial charge in [0, 0.05) is 6.42 Å². The predicted molar refractivity (Wildman–Crippen MR) is 83.4 cm³/mol. The maximum absolute atomic E-state index is 12.6. The summed E-state index contributed by atoms with van der Waals surface area (Å²) in [7, 11) is 0. The van der Waals surface area contributed by atoms with Crippen molar-refractivity contribution in [2.45, 2.75) is 86.7 Å². The zero-order valence-corrected chi connectivity index (χ0v) is 14.9. The van der Waals surface area contributed by atoms with Gasteiger partial charge >= 0.3 is 12.3 Å². The van der Waals surface area contributed by atoms with Gasteiger partial charge in [0.2, 0.25) is 0 Å². The Labute approximate surface area is 136 Å². The van der Waals surface area contributed by atoms with Crippen LogP contribution in [0, 0.1) is 0 Å². The Hall–Kier alpha value is 0.680. The van der Waals surface area contributed by atoms with Crippen molar-refractivity contribution in [1.29, 1.82) is 0 Å². The smallest absolute Gasteiger partial charge is 0.204 e. The first-order valence-electron chi connectivity index (χ1n) is 7.30. The second kappa shape index (κ2) is 12.2. The van der Waals surface area contributed by atoms with E-state index in [9.17, 15) is 17.6 Å². The molecular weight excluding hydrogens is 404 g/mol. The third-order valence-corrected chi connectivity index (χ3v) is 4.17. The van der Waals surface area contributed by atoms with Gasteiger partial charge in [-0.1, -0.05) is 83.2 Å². The highest BCUT2D eigenvalue weighted by Gasteiger charge is 2.39. The van der Waals surface area contributed by atoms with Crippen LogP contribution in [0.4, 0.5) is 17.6 Å². The Morgan fingerprint density at radius 3 is 1.50 bits per heavy atom. The molecule has 0 N–H and O–H groups in total. The van der Waals surface area contributed by atoms with Gasteiger partial charge in [-0.15, -0.1) is 0 Å². The van der Waals surface area contributed by atoms with E-state index in [-0.39, 0.29) is 6.42 Å². The van der Waals surface area contributed by atoms with E-state index in [1.165, 1.54) is 25.7 Å². The van der Waals surface area contributed by atoms with Crippen LogP contribution < -0.4 is 0 Å². The molecule has 0 aromatic rings. The standard InChI is InChI=1S/C14H24Br2F4/c15-12(16)10-8-6-4-2-1-3-5-7-9-11-14(19,20)13(17)18/h12-13H,1-11H2. The monoisotopic (exact) mass is 426 g/mol. The summed E-state index contributed by atoms with van der Waals surface area (Å²) in [5, 5.41) is 0. The lowest BCUT2D eigenvalue weighted by molar-refractivity contribution is -0.133. The molecule has 0 saturated carbocycles. The molecule has 122 valence electrons. The van der Waals surface area contributed by atoms with Crippen molar-refractivity contribution in [3.8, 4) is 0 Å². The largest absolute Gasteiger partial charge is 0.307 e. The summed E-state index contributed by atoms with van der Waals surface area (Å²) >= 11 is 6.86. The molecule has 0 amide bonds. The van der Waals surface area contributed by atoms with Crippen molar-refractivity contribution in [3.05, 3.63) is 0 Å². The van der Waals surface area contributed by atoms with Gasteiger partial charge in [0.15, 0.2) is 0 Å². The summed E-state index contributed by atoms with van der Waals surface area (Å²) in [5.74, 6) is -3.80. The highest BCUT2D eigenvalue weighted by Crippen LogP contribution is 2.29. The topological polar surface area (TPSA) is 0 Å². The highest BCUT2D eigenvalue weighted by molar-refractivity contribution is 9.24. The minimum Gasteiger partial charge on any atom is -0.204 e. The van der Waals surface area contributed by atoms with E-state index in [0.29, 0.717) is 10.2 Å². The van der Waals surface area contributed by atoms with Gasteiger partial charge < -0.3 is 0 Å². The van der Waals surface area contributed by atoms with E-state index in [1.54, 1.807) is 0 Å². The molecule has 0 heterocycles. The Balaban J connectivity index is 3.21. The Kier molecular flexibility index (Phi) is 12.7. The van der Waals surface area contributed by atoms with Gasteiger partial charge in [-0.2, -0.15) is 0 Å². The first-order chi connectivity index (χ1) is 9.36. The average molecular weight is 428 g/mol. The van der Waals surface area contributed by atoms with Crippen molar-refractivity contribution in [2.24, 2.45) is 0 Å². The van der Waals surface area contributed by atoms with Gasteiger partial charge in [0.05, 0.1) is 3.74 Å². The Morgan fingerprint density at radius 2 is 1.10 bits per heavy atom. The molecule has 0 rings (SSSR count). The minimum absolute atomic E-state index is 0.190. The van der Waals surface area contributed by atoms with Crippen LogP contribution >= 0.6 is 31.9 Å². The Morgan fingerprint density at radius 1 is 0.700 bits per heavy atom. The van der Waals surface area contributed by atoms with E-state index >= 15 is 0 Å². The van der Waals surface area contributed by atoms with Gasteiger partial charge in [0.1, 0.15) is 0 Å². The van der Waals surface area contributed by atoms with Gasteiger partial charge in [0.25, 0.3) is 0 Å². The van der Waals surface area contributed by atoms with Gasteiger partial charge in [-0.05, 0) is 12.8 Å². The lowest BCUT2D eigenvalue weighted by Gasteiger charge is -2.14. The van der Waals surface area contributed by atoms with Crippen molar-refractivity contribution >= 4 is 31.9 Å². The number of halogens is 6. The SMILES string of the molecule is FC(F)C(F)(F)CCCCCCCCCCCC(Br)Br. The molecule has 0 aliphatic heterocycles. The summed E-state index contributed by atoms with van der Waals surface area (Å²) in [6.45, 7) is 0. The fraction of sp³-hybridized carbons (Fsp3) is 1.00. The molecule has 0 radical (unpaired) electrons. The molecule has 0 aliphatic rings. The quantitative estimate of drug-likeness (QED) is 0.164. The van der Waals surface area contributed by atoms with Crippen LogP contribution in [0.1, 0.15) is 70.6 Å². The number of rotatable bonds is 13. The van der Waals surface area contributed by atoms with Crippen LogP contribution in [-0.2, 0) is 0 Å². The van der Waals surface area contributed by atoms with Gasteiger partial charge in [-0.3, -0.25) is 0 Å². The molecular formula is C14H24Br2F4. The van der Waals surface area contributed by atoms with E-state index in [1.807, 2.05) is 0 Å². The molecule has 0 aliphatic carbocycles. The molecule has 0 nitrogen and oxygen atoms in total. The second-order valence-electron chi connectivity index (χ2n) is 5.17. The van der Waals surface area contributed by atoms with Crippen molar-refractivity contribution in [2.75, 3.05) is 0 Å². The molecule has 6 heteroatoms. The van der Waals surface area contributed by atoms with E-state index in [2.05, 4.69) is 31.9 Å². The molecule has 0 fully saturated rings. The number of alkyl halides is 6. The first-order valence-corrected chi connectivity index (χ1v) is 9.13. The molecule has 0 aromatic heterocycles. The summed E-state index contributed by atoms with van der Waals surface area (Å²) in [4.78, 5) is 0. The number of hydrogen-bond acceptors (Lipinski definition) is 0. The minimum atomic E-state index is -3.80. The van der Waals surface area contributed by atoms with E-state index in [0.717, 1.165) is 25.7 Å². The number of unbranched alkanes of at least 4 members (excludes halogenated alkanes) is 8. The van der Waals surface area contributed by atoms with Crippen LogP contribution in [0.15, 0.2) is 0 Å². The van der Waals surface area contributed by atoms with Crippen molar-refractivity contribution < 1.29 is 17.6 Å². The maximum Gasteiger partial charge on any atom is 0.307 e. The third kappa shape index (κ3) is 12.4. The average Bonchev–Trinajstić information content (AvgIpc) is 2.35. The van der Waals surface area contributed by atoms with E-state index < -0.39 is 18.8 Å². The van der Waals surface area contributed by atoms with E-state index in [4.69, 9.17) is 0 Å². The van der Waals surface area contributed by atoms with Crippen LogP contribution in [0.5, 0.6) is 0 Å². The van der Waals surface area contributed by atoms with Crippen LogP contribution in [0.25, 0.3) is 0 Å². The molecule has 0 atom stereocenters. The van der Waals surface area contributed by atoms with Crippen molar-refractivity contribution in [1.82, 2.24) is 0 Å². The fourth-order valence-electron chi connectivity index (χ4n) is 2.01. The predicted octanol–water partition coefficient (Wildman–Crippen LogP) is 7.29. The summed E-state index contributed by atoms with van der Waals surface area (Å²) in [5.41, 5.74) is 0. The van der Waals surface area contributed by atoms with Crippen LogP contribution in [0.2, 0.25) is 0 Å². The molecule has 0 unspecified atom stereocenters. The highest BCUT2D eigenvalue weighted by atomic mass is 79.9. The maximum atomic E-state index is 12.6. The fourth-order valence-corrected chi connectivity index (χ4v) is 2.65. The lowest BCUT2D eigenvalue weighted by atomic mass is 10.0. The summed E-state index contributed by atoms with van der Waals surface area (Å²) in [6, 6.07) is 0. The van der Waals surface area contributed by atoms with Gasteiger partial charge in [-0.25, -0.2) is 17.6 Å². The van der Waals surface area contributed by atoms with Crippen LogP contribution in [-0.4, -0.2) is 16.1 Å². The Bertz CT molecular complexity index is 223. The normalized spacial score (nSPS) is 12.6. The van der Waals surface area contributed by atoms with Crippen molar-refractivity contribution in [3.63, 3.8) is 0 Å². The zero-order chi connectivity index (χ0) is 15.4. The molecule has 0 saturated heterocycles.